The summed E-state index contributed by atoms with van der Waals surface area (Å²) in [4.78, 5) is 24.1. The first kappa shape index (κ1) is 25.2. The van der Waals surface area contributed by atoms with Gasteiger partial charge in [0.2, 0.25) is 0 Å². The molecule has 0 aliphatic carbocycles. The third-order valence-corrected chi connectivity index (χ3v) is 6.05. The minimum absolute atomic E-state index is 0.0814. The summed E-state index contributed by atoms with van der Waals surface area (Å²) in [5.74, 6) is 0.0818. The van der Waals surface area contributed by atoms with Crippen molar-refractivity contribution in [3.8, 4) is 11.5 Å². The SMILES string of the molecule is Cc1cc(Cl)ccc1OCC(=O)NNC(=S)NC(=O)COc1ccc2cc(Br)ccc2c1Br. The molecule has 0 saturated heterocycles. The van der Waals surface area contributed by atoms with Gasteiger partial charge in [-0.3, -0.25) is 25.8 Å². The number of ether oxygens (including phenoxy) is 2. The molecule has 0 saturated carbocycles. The molecule has 172 valence electrons. The Morgan fingerprint density at radius 1 is 0.939 bits per heavy atom. The lowest BCUT2D eigenvalue weighted by molar-refractivity contribution is -0.124. The Balaban J connectivity index is 1.42. The predicted octanol–water partition coefficient (Wildman–Crippen LogP) is 4.81. The molecule has 0 spiro atoms. The van der Waals surface area contributed by atoms with Crippen LogP contribution in [0.4, 0.5) is 0 Å². The second-order valence-electron chi connectivity index (χ2n) is 6.78. The van der Waals surface area contributed by atoms with Crippen molar-refractivity contribution < 1.29 is 19.1 Å². The molecule has 3 aromatic rings. The van der Waals surface area contributed by atoms with Crippen molar-refractivity contribution in [1.82, 2.24) is 16.2 Å². The molecule has 2 amide bonds. The molecule has 33 heavy (non-hydrogen) atoms. The zero-order valence-electron chi connectivity index (χ0n) is 17.2. The molecule has 0 aromatic heterocycles. The minimum atomic E-state index is -0.488. The second kappa shape index (κ2) is 11.6. The highest BCUT2D eigenvalue weighted by molar-refractivity contribution is 9.11. The van der Waals surface area contributed by atoms with Gasteiger partial charge in [-0.05, 0) is 87.8 Å². The first-order valence-electron chi connectivity index (χ1n) is 9.51. The smallest absolute Gasteiger partial charge is 0.276 e. The summed E-state index contributed by atoms with van der Waals surface area (Å²) >= 11 is 17.9. The summed E-state index contributed by atoms with van der Waals surface area (Å²) in [5, 5.41) is 4.89. The van der Waals surface area contributed by atoms with E-state index in [9.17, 15) is 9.59 Å². The lowest BCUT2D eigenvalue weighted by Crippen LogP contribution is -2.50. The number of amides is 2. The molecule has 0 bridgehead atoms. The monoisotopic (exact) mass is 613 g/mol. The van der Waals surface area contributed by atoms with Gasteiger partial charge in [-0.2, -0.15) is 0 Å². The van der Waals surface area contributed by atoms with E-state index in [-0.39, 0.29) is 18.3 Å². The van der Waals surface area contributed by atoms with Crippen LogP contribution < -0.4 is 25.6 Å². The molecule has 0 radical (unpaired) electrons. The van der Waals surface area contributed by atoms with Crippen LogP contribution in [-0.2, 0) is 9.59 Å². The zero-order valence-corrected chi connectivity index (χ0v) is 22.0. The van der Waals surface area contributed by atoms with Crippen molar-refractivity contribution in [2.75, 3.05) is 13.2 Å². The van der Waals surface area contributed by atoms with E-state index in [1.165, 1.54) is 0 Å². The number of rotatable bonds is 6. The average Bonchev–Trinajstić information content (AvgIpc) is 2.76. The standard InChI is InChI=1S/C22H18Br2ClN3O4S/c1-12-8-15(25)4-7-17(12)31-11-20(30)27-28-22(33)26-19(29)10-32-18-6-2-13-9-14(23)3-5-16(13)21(18)24/h2-9H,10-11H2,1H3,(H,27,30)(H2,26,28,29,33). The van der Waals surface area contributed by atoms with Gasteiger partial charge < -0.3 is 9.47 Å². The van der Waals surface area contributed by atoms with Gasteiger partial charge in [0.1, 0.15) is 11.5 Å². The summed E-state index contributed by atoms with van der Waals surface area (Å²) in [5.41, 5.74) is 5.59. The van der Waals surface area contributed by atoms with Crippen LogP contribution in [0.3, 0.4) is 0 Å². The third kappa shape index (κ3) is 7.29. The number of aryl methyl sites for hydroxylation is 1. The van der Waals surface area contributed by atoms with Crippen LogP contribution in [0.2, 0.25) is 5.02 Å². The normalized spacial score (nSPS) is 10.4. The third-order valence-electron chi connectivity index (χ3n) is 4.30. The number of hydrazine groups is 1. The number of hydrogen-bond donors (Lipinski definition) is 3. The largest absolute Gasteiger partial charge is 0.483 e. The Bertz CT molecular complexity index is 1230. The van der Waals surface area contributed by atoms with E-state index in [2.05, 4.69) is 48.0 Å². The Morgan fingerprint density at radius 2 is 1.64 bits per heavy atom. The number of fused-ring (bicyclic) bond motifs is 1. The molecular formula is C22H18Br2ClN3O4S. The lowest BCUT2D eigenvalue weighted by atomic mass is 10.1. The van der Waals surface area contributed by atoms with E-state index < -0.39 is 11.8 Å². The Kier molecular flexibility index (Phi) is 8.90. The van der Waals surface area contributed by atoms with E-state index in [1.807, 2.05) is 31.2 Å². The van der Waals surface area contributed by atoms with Crippen LogP contribution in [0.5, 0.6) is 11.5 Å². The van der Waals surface area contributed by atoms with Crippen molar-refractivity contribution in [3.05, 3.63) is 68.1 Å². The highest BCUT2D eigenvalue weighted by Crippen LogP contribution is 2.34. The van der Waals surface area contributed by atoms with Crippen molar-refractivity contribution >= 4 is 83.4 Å². The topological polar surface area (TPSA) is 88.7 Å². The van der Waals surface area contributed by atoms with Gasteiger partial charge in [-0.25, -0.2) is 0 Å². The van der Waals surface area contributed by atoms with E-state index in [1.54, 1.807) is 24.3 Å². The number of thiocarbonyl (C=S) groups is 1. The van der Waals surface area contributed by atoms with E-state index in [0.717, 1.165) is 25.3 Å². The van der Waals surface area contributed by atoms with Gasteiger partial charge in [-0.15, -0.1) is 0 Å². The molecular weight excluding hydrogens is 598 g/mol. The Labute approximate surface area is 217 Å². The summed E-state index contributed by atoms with van der Waals surface area (Å²) in [6.07, 6.45) is 0. The van der Waals surface area contributed by atoms with Crippen LogP contribution in [0.25, 0.3) is 10.8 Å². The molecule has 11 heteroatoms. The van der Waals surface area contributed by atoms with Gasteiger partial charge in [0.25, 0.3) is 11.8 Å². The fraction of sp³-hybridized carbons (Fsp3) is 0.136. The zero-order chi connectivity index (χ0) is 24.0. The second-order valence-corrected chi connectivity index (χ2v) is 9.33. The maximum Gasteiger partial charge on any atom is 0.276 e. The maximum absolute atomic E-state index is 12.1. The molecule has 0 heterocycles. The molecule has 7 nitrogen and oxygen atoms in total. The van der Waals surface area contributed by atoms with Crippen molar-refractivity contribution in [3.63, 3.8) is 0 Å². The number of hydrogen-bond acceptors (Lipinski definition) is 5. The Hall–Kier alpha value is -2.40. The Morgan fingerprint density at radius 3 is 2.39 bits per heavy atom. The molecule has 0 aliphatic heterocycles. The van der Waals surface area contributed by atoms with Crippen LogP contribution in [0.15, 0.2) is 57.5 Å². The molecule has 3 N–H and O–H groups in total. The van der Waals surface area contributed by atoms with Crippen molar-refractivity contribution in [1.29, 1.82) is 0 Å². The number of benzene rings is 3. The van der Waals surface area contributed by atoms with Crippen LogP contribution in [0, 0.1) is 6.92 Å². The molecule has 0 unspecified atom stereocenters. The van der Waals surface area contributed by atoms with E-state index in [4.69, 9.17) is 33.3 Å². The predicted molar refractivity (Wildman–Crippen MR) is 139 cm³/mol. The van der Waals surface area contributed by atoms with E-state index in [0.29, 0.717) is 16.5 Å². The fourth-order valence-electron chi connectivity index (χ4n) is 2.77. The number of carbonyl (C=O) groups excluding carboxylic acids is 2. The highest BCUT2D eigenvalue weighted by Gasteiger charge is 2.11. The lowest BCUT2D eigenvalue weighted by Gasteiger charge is -2.13. The quantitative estimate of drug-likeness (QED) is 0.273. The maximum atomic E-state index is 12.1. The van der Waals surface area contributed by atoms with Crippen molar-refractivity contribution in [2.24, 2.45) is 0 Å². The first-order valence-corrected chi connectivity index (χ1v) is 11.9. The van der Waals surface area contributed by atoms with Gasteiger partial charge in [-0.1, -0.05) is 39.7 Å². The molecule has 3 rings (SSSR count). The average molecular weight is 616 g/mol. The summed E-state index contributed by atoms with van der Waals surface area (Å²) in [6.45, 7) is 1.30. The highest BCUT2D eigenvalue weighted by atomic mass is 79.9. The molecule has 0 fully saturated rings. The number of carbonyl (C=O) groups is 2. The number of halogens is 3. The van der Waals surface area contributed by atoms with Crippen LogP contribution in [-0.4, -0.2) is 30.1 Å². The van der Waals surface area contributed by atoms with Crippen LogP contribution >= 0.6 is 55.7 Å². The number of nitrogens with one attached hydrogen (secondary N) is 3. The van der Waals surface area contributed by atoms with Crippen LogP contribution in [0.1, 0.15) is 5.56 Å². The first-order chi connectivity index (χ1) is 15.7. The van der Waals surface area contributed by atoms with Gasteiger partial charge in [0.15, 0.2) is 18.3 Å². The summed E-state index contributed by atoms with van der Waals surface area (Å²) in [7, 11) is 0. The van der Waals surface area contributed by atoms with E-state index >= 15 is 0 Å². The van der Waals surface area contributed by atoms with Gasteiger partial charge in [0, 0.05) is 9.50 Å². The molecule has 0 atom stereocenters. The summed E-state index contributed by atoms with van der Waals surface area (Å²) < 4.78 is 12.7. The van der Waals surface area contributed by atoms with Crippen molar-refractivity contribution in [2.45, 2.75) is 6.92 Å². The fourth-order valence-corrected chi connectivity index (χ4v) is 4.15. The molecule has 3 aromatic carbocycles. The minimum Gasteiger partial charge on any atom is -0.483 e. The van der Waals surface area contributed by atoms with Gasteiger partial charge >= 0.3 is 0 Å². The summed E-state index contributed by atoms with van der Waals surface area (Å²) in [6, 6.07) is 14.6. The van der Waals surface area contributed by atoms with Gasteiger partial charge in [0.05, 0.1) is 4.47 Å². The molecule has 0 aliphatic rings.